The topological polar surface area (TPSA) is 6.48 Å². The summed E-state index contributed by atoms with van der Waals surface area (Å²) in [5.74, 6) is 1.98. The van der Waals surface area contributed by atoms with Crippen molar-refractivity contribution < 1.29 is 0 Å². The van der Waals surface area contributed by atoms with E-state index in [4.69, 9.17) is 0 Å². The lowest BCUT2D eigenvalue weighted by Gasteiger charge is -2.39. The van der Waals surface area contributed by atoms with Crippen LogP contribution in [0.25, 0.3) is 36.9 Å². The molecule has 0 spiro atoms. The van der Waals surface area contributed by atoms with Crippen LogP contribution in [0, 0.1) is 17.8 Å². The van der Waals surface area contributed by atoms with Crippen LogP contribution in [0.15, 0.2) is 151 Å². The van der Waals surface area contributed by atoms with Crippen molar-refractivity contribution in [2.75, 3.05) is 9.80 Å². The molecule has 5 aromatic carbocycles. The highest BCUT2D eigenvalue weighted by Gasteiger charge is 2.51. The first-order valence-electron chi connectivity index (χ1n) is 19.1. The molecule has 1 saturated carbocycles. The van der Waals surface area contributed by atoms with Gasteiger partial charge in [0.2, 0.25) is 0 Å². The summed E-state index contributed by atoms with van der Waals surface area (Å²) in [5.41, 5.74) is 11.1. The maximum atomic E-state index is 2.90. The summed E-state index contributed by atoms with van der Waals surface area (Å²) in [5, 5.41) is 2.84. The van der Waals surface area contributed by atoms with E-state index in [2.05, 4.69) is 155 Å². The number of fused-ring (bicyclic) bond motifs is 9. The Bertz CT molecular complexity index is 2380. The van der Waals surface area contributed by atoms with Gasteiger partial charge in [0.05, 0.1) is 6.04 Å². The molecule has 3 aliphatic carbocycles. The lowest BCUT2D eigenvalue weighted by molar-refractivity contribution is 0.252. The summed E-state index contributed by atoms with van der Waals surface area (Å²) in [6.07, 6.45) is 17.7. The predicted octanol–water partition coefficient (Wildman–Crippen LogP) is 12.6. The number of rotatable bonds is 4. The van der Waals surface area contributed by atoms with Gasteiger partial charge in [0.25, 0.3) is 0 Å². The number of anilines is 3. The zero-order valence-corrected chi connectivity index (χ0v) is 29.7. The molecule has 0 amide bonds. The minimum absolute atomic E-state index is 0.348. The van der Waals surface area contributed by atoms with E-state index < -0.39 is 0 Å². The fourth-order valence-corrected chi connectivity index (χ4v) is 11.8. The van der Waals surface area contributed by atoms with Crippen LogP contribution in [0.3, 0.4) is 0 Å². The smallest absolute Gasteiger partial charge is 0.0633 e. The van der Waals surface area contributed by atoms with Crippen LogP contribution in [-0.4, -0.2) is 18.1 Å². The maximum Gasteiger partial charge on any atom is 0.0633 e. The van der Waals surface area contributed by atoms with Crippen molar-refractivity contribution in [1.82, 2.24) is 0 Å². The van der Waals surface area contributed by atoms with Gasteiger partial charge in [0.1, 0.15) is 0 Å². The Balaban J connectivity index is 0.887. The average molecular weight is 679 g/mol. The Hall–Kier alpha value is -4.86. The molecule has 3 heteroatoms. The number of para-hydroxylation sites is 1. The molecule has 51 heavy (non-hydrogen) atoms. The van der Waals surface area contributed by atoms with E-state index in [1.165, 1.54) is 91.6 Å². The van der Waals surface area contributed by atoms with Crippen molar-refractivity contribution in [1.29, 1.82) is 0 Å². The maximum absolute atomic E-state index is 2.90. The molecule has 11 rings (SSSR count). The molecular formula is C48H42N2S. The van der Waals surface area contributed by atoms with Crippen molar-refractivity contribution in [2.45, 2.75) is 56.7 Å². The summed E-state index contributed by atoms with van der Waals surface area (Å²) < 4.78 is 2.81. The molecule has 2 nitrogen and oxygen atoms in total. The highest BCUT2D eigenvalue weighted by molar-refractivity contribution is 7.25. The van der Waals surface area contributed by atoms with E-state index in [0.717, 1.165) is 6.42 Å². The molecule has 0 bridgehead atoms. The van der Waals surface area contributed by atoms with E-state index in [1.807, 2.05) is 11.3 Å². The van der Waals surface area contributed by atoms with Crippen LogP contribution in [0.1, 0.15) is 44.1 Å². The molecule has 0 N–H and O–H groups in total. The minimum Gasteiger partial charge on any atom is -0.365 e. The summed E-state index contributed by atoms with van der Waals surface area (Å²) in [6.45, 7) is 0. The van der Waals surface area contributed by atoms with E-state index in [0.29, 0.717) is 35.9 Å². The van der Waals surface area contributed by atoms with Crippen LogP contribution >= 0.6 is 11.3 Å². The summed E-state index contributed by atoms with van der Waals surface area (Å²) >= 11 is 1.93. The monoisotopic (exact) mass is 678 g/mol. The molecule has 6 aromatic rings. The van der Waals surface area contributed by atoms with E-state index in [1.54, 1.807) is 5.57 Å². The van der Waals surface area contributed by atoms with Gasteiger partial charge in [-0.05, 0) is 115 Å². The van der Waals surface area contributed by atoms with Crippen molar-refractivity contribution in [3.8, 4) is 11.1 Å². The first-order chi connectivity index (χ1) is 25.3. The third kappa shape index (κ3) is 4.74. The third-order valence-electron chi connectivity index (χ3n) is 12.9. The summed E-state index contributed by atoms with van der Waals surface area (Å²) in [4.78, 5) is 5.50. The molecule has 5 aliphatic rings. The second-order valence-electron chi connectivity index (χ2n) is 15.4. The normalized spacial score (nSPS) is 26.4. The third-order valence-corrected chi connectivity index (χ3v) is 14.1. The SMILES string of the molecule is C1=CC2C3CC(C4=CCC5C(=C4)c4ccccc4N5c4ccc(-c5ccccc5)cc4)CCC3N(c3ccc4sc5ccccc5c4c3)C2CC1. The molecular weight excluding hydrogens is 637 g/mol. The van der Waals surface area contributed by atoms with E-state index >= 15 is 0 Å². The largest absolute Gasteiger partial charge is 0.365 e. The van der Waals surface area contributed by atoms with Gasteiger partial charge in [0.15, 0.2) is 0 Å². The van der Waals surface area contributed by atoms with Gasteiger partial charge in [-0.1, -0.05) is 103 Å². The Kier molecular flexibility index (Phi) is 6.93. The van der Waals surface area contributed by atoms with Gasteiger partial charge in [-0.2, -0.15) is 0 Å². The van der Waals surface area contributed by atoms with Crippen molar-refractivity contribution in [3.05, 3.63) is 157 Å². The second kappa shape index (κ2) is 11.9. The number of nitrogens with zero attached hydrogens (tertiary/aromatic N) is 2. The van der Waals surface area contributed by atoms with Crippen molar-refractivity contribution in [2.24, 2.45) is 17.8 Å². The first-order valence-corrected chi connectivity index (χ1v) is 19.9. The number of benzene rings is 5. The molecule has 250 valence electrons. The summed E-state index contributed by atoms with van der Waals surface area (Å²) in [7, 11) is 0. The Labute approximate surface area is 305 Å². The summed E-state index contributed by atoms with van der Waals surface area (Å²) in [6, 6.07) is 46.9. The second-order valence-corrected chi connectivity index (χ2v) is 16.5. The number of allylic oxidation sites excluding steroid dienone is 3. The van der Waals surface area contributed by atoms with Gasteiger partial charge in [-0.3, -0.25) is 0 Å². The lowest BCUT2D eigenvalue weighted by atomic mass is 9.69. The molecule has 1 saturated heterocycles. The van der Waals surface area contributed by atoms with Crippen molar-refractivity contribution in [3.63, 3.8) is 0 Å². The van der Waals surface area contributed by atoms with Gasteiger partial charge < -0.3 is 9.80 Å². The van der Waals surface area contributed by atoms with Crippen LogP contribution in [0.2, 0.25) is 0 Å². The van der Waals surface area contributed by atoms with Gasteiger partial charge in [-0.25, -0.2) is 0 Å². The van der Waals surface area contributed by atoms with Crippen LogP contribution in [0.4, 0.5) is 17.1 Å². The van der Waals surface area contributed by atoms with Gasteiger partial charge >= 0.3 is 0 Å². The molecule has 6 unspecified atom stereocenters. The van der Waals surface area contributed by atoms with E-state index in [9.17, 15) is 0 Å². The quantitative estimate of drug-likeness (QED) is 0.171. The zero-order valence-electron chi connectivity index (χ0n) is 28.9. The lowest BCUT2D eigenvalue weighted by Crippen LogP contribution is -2.40. The molecule has 1 aromatic heterocycles. The fourth-order valence-electron chi connectivity index (χ4n) is 10.7. The molecule has 3 heterocycles. The van der Waals surface area contributed by atoms with Gasteiger partial charge in [-0.15, -0.1) is 11.3 Å². The highest BCUT2D eigenvalue weighted by atomic mass is 32.1. The Morgan fingerprint density at radius 3 is 2.35 bits per heavy atom. The standard InChI is InChI=1S/C48H42N2S/c1-2-10-31(11-3-1)32-18-22-35(23-19-32)49-43-15-7-4-12-37(43)40-28-33(20-25-45(40)49)34-21-26-46-41(29-34)38-13-5-8-16-44(38)50(46)36-24-27-48-42(30-36)39-14-6-9-17-47(39)51-48/h1-7,9-15,17-20,22-24,27-28,30,34,38,41,44-46H,8,16,21,25-26,29H2. The zero-order chi connectivity index (χ0) is 33.5. The van der Waals surface area contributed by atoms with Crippen LogP contribution in [-0.2, 0) is 0 Å². The highest BCUT2D eigenvalue weighted by Crippen LogP contribution is 2.54. The first kappa shape index (κ1) is 29.8. The molecule has 6 atom stereocenters. The Morgan fingerprint density at radius 1 is 0.647 bits per heavy atom. The van der Waals surface area contributed by atoms with E-state index in [-0.39, 0.29) is 0 Å². The van der Waals surface area contributed by atoms with Crippen LogP contribution < -0.4 is 9.80 Å². The van der Waals surface area contributed by atoms with Crippen LogP contribution in [0.5, 0.6) is 0 Å². The average Bonchev–Trinajstić information content (AvgIpc) is 3.85. The Morgan fingerprint density at radius 2 is 1.43 bits per heavy atom. The minimum atomic E-state index is 0.348. The molecule has 2 fully saturated rings. The molecule has 2 aliphatic heterocycles. The number of thiophene rings is 1. The molecule has 0 radical (unpaired) electrons. The fraction of sp³-hybridized carbons (Fsp3) is 0.250. The van der Waals surface area contributed by atoms with Crippen molar-refractivity contribution >= 4 is 54.1 Å². The number of hydrogen-bond acceptors (Lipinski definition) is 3. The van der Waals surface area contributed by atoms with Gasteiger partial charge in [0, 0.05) is 60.8 Å². The number of hydrogen-bond donors (Lipinski definition) is 0. The predicted molar refractivity (Wildman–Crippen MR) is 217 cm³/mol.